The summed E-state index contributed by atoms with van der Waals surface area (Å²) in [6.45, 7) is 4.02. The van der Waals surface area contributed by atoms with Crippen LogP contribution in [0.1, 0.15) is 24.6 Å². The van der Waals surface area contributed by atoms with Crippen LogP contribution in [-0.2, 0) is 6.54 Å². The Labute approximate surface area is 83.4 Å². The third-order valence-electron chi connectivity index (χ3n) is 1.80. The molecule has 0 aliphatic heterocycles. The van der Waals surface area contributed by atoms with Crippen LogP contribution in [0.15, 0.2) is 11.7 Å². The van der Waals surface area contributed by atoms with Crippen LogP contribution in [0.5, 0.6) is 0 Å². The van der Waals surface area contributed by atoms with Crippen molar-refractivity contribution in [2.24, 2.45) is 5.73 Å². The van der Waals surface area contributed by atoms with Gasteiger partial charge in [-0.2, -0.15) is 0 Å². The maximum Gasteiger partial charge on any atom is 0.0794 e. The number of nitrogens with two attached hydrogens (primary N) is 1. The Hall–Kier alpha value is -0.450. The lowest BCUT2D eigenvalue weighted by Gasteiger charge is -2.05. The molecule has 0 saturated heterocycles. The molecule has 0 aromatic carbocycles. The summed E-state index contributed by atoms with van der Waals surface area (Å²) < 4.78 is 0. The highest BCUT2D eigenvalue weighted by Gasteiger charge is 1.95. The number of rotatable bonds is 6. The maximum absolute atomic E-state index is 5.63. The second kappa shape index (κ2) is 6.07. The molecule has 1 atom stereocenters. The molecule has 0 aliphatic rings. The molecule has 1 aromatic heterocycles. The molecule has 1 rings (SSSR count). The van der Waals surface area contributed by atoms with Gasteiger partial charge in [0.25, 0.3) is 0 Å². The van der Waals surface area contributed by atoms with Crippen LogP contribution in [0.4, 0.5) is 0 Å². The molecule has 0 bridgehead atoms. The summed E-state index contributed by atoms with van der Waals surface area (Å²) in [5.41, 5.74) is 7.49. The molecular weight excluding hydrogens is 182 g/mol. The van der Waals surface area contributed by atoms with Gasteiger partial charge in [-0.05, 0) is 26.3 Å². The molecule has 0 amide bonds. The first-order valence-corrected chi connectivity index (χ1v) is 5.50. The molecule has 0 spiro atoms. The molecule has 4 heteroatoms. The highest BCUT2D eigenvalue weighted by Crippen LogP contribution is 2.04. The standard InChI is InChI=1S/C9H17N3S/c1-8(10)3-2-4-11-5-9-6-12-7-13-9/h6-8,11H,2-5,10H2,1H3. The monoisotopic (exact) mass is 199 g/mol. The van der Waals surface area contributed by atoms with E-state index >= 15 is 0 Å². The normalized spacial score (nSPS) is 13.1. The van der Waals surface area contributed by atoms with Crippen molar-refractivity contribution in [3.63, 3.8) is 0 Å². The van der Waals surface area contributed by atoms with Crippen LogP contribution >= 0.6 is 11.3 Å². The molecule has 74 valence electrons. The Kier molecular flexibility index (Phi) is 4.97. The third-order valence-corrected chi connectivity index (χ3v) is 2.58. The lowest BCUT2D eigenvalue weighted by atomic mass is 10.2. The number of aromatic nitrogens is 1. The van der Waals surface area contributed by atoms with Crippen LogP contribution < -0.4 is 11.1 Å². The fraction of sp³-hybridized carbons (Fsp3) is 0.667. The average molecular weight is 199 g/mol. The van der Waals surface area contributed by atoms with Gasteiger partial charge >= 0.3 is 0 Å². The highest BCUT2D eigenvalue weighted by molar-refractivity contribution is 7.09. The van der Waals surface area contributed by atoms with Crippen LogP contribution in [0.2, 0.25) is 0 Å². The van der Waals surface area contributed by atoms with Gasteiger partial charge in [-0.1, -0.05) is 0 Å². The minimum atomic E-state index is 0.324. The maximum atomic E-state index is 5.63. The summed E-state index contributed by atoms with van der Waals surface area (Å²) in [4.78, 5) is 5.30. The second-order valence-corrected chi connectivity index (χ2v) is 4.23. The van der Waals surface area contributed by atoms with Gasteiger partial charge in [0, 0.05) is 23.7 Å². The van der Waals surface area contributed by atoms with Crippen molar-refractivity contribution in [3.05, 3.63) is 16.6 Å². The van der Waals surface area contributed by atoms with E-state index < -0.39 is 0 Å². The molecule has 1 aromatic rings. The van der Waals surface area contributed by atoms with E-state index in [4.69, 9.17) is 5.73 Å². The van der Waals surface area contributed by atoms with E-state index in [0.29, 0.717) is 6.04 Å². The summed E-state index contributed by atoms with van der Waals surface area (Å²) in [5, 5.41) is 3.36. The van der Waals surface area contributed by atoms with Gasteiger partial charge in [-0.3, -0.25) is 4.98 Å². The van der Waals surface area contributed by atoms with Gasteiger partial charge in [-0.15, -0.1) is 11.3 Å². The van der Waals surface area contributed by atoms with Crippen molar-refractivity contribution in [3.8, 4) is 0 Å². The summed E-state index contributed by atoms with van der Waals surface area (Å²) in [6.07, 6.45) is 4.15. The van der Waals surface area contributed by atoms with Crippen LogP contribution in [0, 0.1) is 0 Å². The van der Waals surface area contributed by atoms with Crippen molar-refractivity contribution in [2.45, 2.75) is 32.4 Å². The van der Waals surface area contributed by atoms with Gasteiger partial charge in [0.15, 0.2) is 0 Å². The van der Waals surface area contributed by atoms with E-state index in [1.807, 2.05) is 18.6 Å². The van der Waals surface area contributed by atoms with Gasteiger partial charge in [-0.25, -0.2) is 0 Å². The summed E-state index contributed by atoms with van der Waals surface area (Å²) in [6, 6.07) is 0.324. The van der Waals surface area contributed by atoms with Crippen LogP contribution in [0.3, 0.4) is 0 Å². The molecule has 0 saturated carbocycles. The zero-order chi connectivity index (χ0) is 9.52. The van der Waals surface area contributed by atoms with Crippen LogP contribution in [-0.4, -0.2) is 17.6 Å². The summed E-state index contributed by atoms with van der Waals surface area (Å²) >= 11 is 1.69. The zero-order valence-electron chi connectivity index (χ0n) is 7.99. The molecule has 0 fully saturated rings. The van der Waals surface area contributed by atoms with Crippen molar-refractivity contribution in [1.82, 2.24) is 10.3 Å². The first-order valence-electron chi connectivity index (χ1n) is 4.62. The van der Waals surface area contributed by atoms with E-state index in [0.717, 1.165) is 25.9 Å². The zero-order valence-corrected chi connectivity index (χ0v) is 8.81. The van der Waals surface area contributed by atoms with Gasteiger partial charge in [0.1, 0.15) is 0 Å². The SMILES string of the molecule is CC(N)CCCNCc1cncs1. The molecule has 0 aliphatic carbocycles. The Morgan fingerprint density at radius 3 is 3.15 bits per heavy atom. The Morgan fingerprint density at radius 1 is 1.69 bits per heavy atom. The predicted molar refractivity (Wildman–Crippen MR) is 56.7 cm³/mol. The molecule has 0 radical (unpaired) electrons. The Balaban J connectivity index is 1.96. The van der Waals surface area contributed by atoms with Gasteiger partial charge < -0.3 is 11.1 Å². The Morgan fingerprint density at radius 2 is 2.54 bits per heavy atom. The van der Waals surface area contributed by atoms with E-state index in [2.05, 4.69) is 10.3 Å². The smallest absolute Gasteiger partial charge is 0.0794 e. The minimum Gasteiger partial charge on any atom is -0.328 e. The molecule has 3 N–H and O–H groups in total. The van der Waals surface area contributed by atoms with E-state index in [9.17, 15) is 0 Å². The fourth-order valence-electron chi connectivity index (χ4n) is 1.09. The van der Waals surface area contributed by atoms with E-state index in [1.54, 1.807) is 11.3 Å². The predicted octanol–water partition coefficient (Wildman–Crippen LogP) is 1.36. The summed E-state index contributed by atoms with van der Waals surface area (Å²) in [5.74, 6) is 0. The first-order chi connectivity index (χ1) is 6.29. The highest BCUT2D eigenvalue weighted by atomic mass is 32.1. The van der Waals surface area contributed by atoms with E-state index in [1.165, 1.54) is 4.88 Å². The lowest BCUT2D eigenvalue weighted by Crippen LogP contribution is -2.19. The van der Waals surface area contributed by atoms with Crippen molar-refractivity contribution in [2.75, 3.05) is 6.54 Å². The number of nitrogens with one attached hydrogen (secondary N) is 1. The number of thiazole rings is 1. The molecule has 13 heavy (non-hydrogen) atoms. The van der Waals surface area contributed by atoms with Gasteiger partial charge in [0.2, 0.25) is 0 Å². The van der Waals surface area contributed by atoms with Crippen molar-refractivity contribution >= 4 is 11.3 Å². The third kappa shape index (κ3) is 4.98. The van der Waals surface area contributed by atoms with Crippen molar-refractivity contribution in [1.29, 1.82) is 0 Å². The fourth-order valence-corrected chi connectivity index (χ4v) is 1.65. The molecule has 1 unspecified atom stereocenters. The molecule has 3 nitrogen and oxygen atoms in total. The summed E-state index contributed by atoms with van der Waals surface area (Å²) in [7, 11) is 0. The topological polar surface area (TPSA) is 50.9 Å². The van der Waals surface area contributed by atoms with Crippen LogP contribution in [0.25, 0.3) is 0 Å². The first kappa shape index (κ1) is 10.6. The molecule has 1 heterocycles. The number of nitrogens with zero attached hydrogens (tertiary/aromatic N) is 1. The van der Waals surface area contributed by atoms with Gasteiger partial charge in [0.05, 0.1) is 5.51 Å². The minimum absolute atomic E-state index is 0.324. The second-order valence-electron chi connectivity index (χ2n) is 3.26. The van der Waals surface area contributed by atoms with Crippen molar-refractivity contribution < 1.29 is 0 Å². The van der Waals surface area contributed by atoms with E-state index in [-0.39, 0.29) is 0 Å². The molecular formula is C9H17N3S. The Bertz CT molecular complexity index is 209. The number of hydrogen-bond donors (Lipinski definition) is 2. The lowest BCUT2D eigenvalue weighted by molar-refractivity contribution is 0.576. The quantitative estimate of drug-likeness (QED) is 0.680. The largest absolute Gasteiger partial charge is 0.328 e. The number of hydrogen-bond acceptors (Lipinski definition) is 4. The average Bonchev–Trinajstić information content (AvgIpc) is 2.55.